The van der Waals surface area contributed by atoms with Crippen LogP contribution < -0.4 is 15.0 Å². The van der Waals surface area contributed by atoms with Gasteiger partial charge < -0.3 is 19.7 Å². The Morgan fingerprint density at radius 3 is 2.70 bits per heavy atom. The Bertz CT molecular complexity index is 1380. The van der Waals surface area contributed by atoms with Gasteiger partial charge in [0.2, 0.25) is 0 Å². The van der Waals surface area contributed by atoms with Gasteiger partial charge >= 0.3 is 6.36 Å². The lowest BCUT2D eigenvalue weighted by atomic mass is 10.1. The van der Waals surface area contributed by atoms with Crippen molar-refractivity contribution in [1.29, 1.82) is 0 Å². The molecular weight excluding hydrogens is 549 g/mol. The van der Waals surface area contributed by atoms with Gasteiger partial charge in [0.1, 0.15) is 11.6 Å². The molecule has 10 heteroatoms. The first-order valence-corrected chi connectivity index (χ1v) is 12.9. The van der Waals surface area contributed by atoms with E-state index in [1.807, 2.05) is 30.5 Å². The number of nitrogens with one attached hydrogen (secondary N) is 1. The molecule has 0 bridgehead atoms. The second-order valence-corrected chi connectivity index (χ2v) is 9.91. The van der Waals surface area contributed by atoms with Crippen LogP contribution in [0.1, 0.15) is 18.4 Å². The molecule has 6 nitrogen and oxygen atoms in total. The molecule has 0 radical (unpaired) electrons. The lowest BCUT2D eigenvalue weighted by Gasteiger charge is -2.40. The summed E-state index contributed by atoms with van der Waals surface area (Å²) in [7, 11) is 0. The predicted molar refractivity (Wildman–Crippen MR) is 141 cm³/mol. The molecule has 1 saturated heterocycles. The van der Waals surface area contributed by atoms with E-state index in [4.69, 9.17) is 9.72 Å². The van der Waals surface area contributed by atoms with E-state index in [-0.39, 0.29) is 11.9 Å². The van der Waals surface area contributed by atoms with Crippen molar-refractivity contribution in [2.24, 2.45) is 0 Å². The Morgan fingerprint density at radius 1 is 1.03 bits per heavy atom. The molecule has 1 aliphatic heterocycles. The zero-order chi connectivity index (χ0) is 25.8. The van der Waals surface area contributed by atoms with Gasteiger partial charge in [-0.2, -0.15) is 0 Å². The van der Waals surface area contributed by atoms with Crippen LogP contribution in [-0.2, 0) is 11.3 Å². The van der Waals surface area contributed by atoms with Crippen LogP contribution >= 0.6 is 15.9 Å². The van der Waals surface area contributed by atoms with Crippen LogP contribution in [0.5, 0.6) is 5.75 Å². The minimum Gasteiger partial charge on any atom is -0.406 e. The van der Waals surface area contributed by atoms with E-state index < -0.39 is 6.36 Å². The highest BCUT2D eigenvalue weighted by Crippen LogP contribution is 2.33. The Morgan fingerprint density at radius 2 is 1.86 bits per heavy atom. The molecule has 0 amide bonds. The average Bonchev–Trinajstić information content (AvgIpc) is 2.83. The Labute approximate surface area is 220 Å². The van der Waals surface area contributed by atoms with E-state index in [1.165, 1.54) is 12.1 Å². The van der Waals surface area contributed by atoms with E-state index in [1.54, 1.807) is 12.3 Å². The molecule has 0 spiro atoms. The summed E-state index contributed by atoms with van der Waals surface area (Å²) >= 11 is 3.23. The third kappa shape index (κ3) is 6.49. The largest absolute Gasteiger partial charge is 0.573 e. The molecule has 2 aromatic heterocycles. The van der Waals surface area contributed by atoms with Gasteiger partial charge in [0.15, 0.2) is 0 Å². The predicted octanol–water partition coefficient (Wildman–Crippen LogP) is 6.22. The number of benzene rings is 2. The van der Waals surface area contributed by atoms with E-state index in [0.29, 0.717) is 23.2 Å². The number of nitrogens with zero attached hydrogens (tertiary/aromatic N) is 3. The molecule has 37 heavy (non-hydrogen) atoms. The maximum absolute atomic E-state index is 12.5. The monoisotopic (exact) mass is 574 g/mol. The lowest BCUT2D eigenvalue weighted by molar-refractivity contribution is -0.274. The average molecular weight is 575 g/mol. The lowest BCUT2D eigenvalue weighted by Crippen LogP contribution is -2.52. The van der Waals surface area contributed by atoms with Gasteiger partial charge in [0, 0.05) is 59.3 Å². The van der Waals surface area contributed by atoms with E-state index in [2.05, 4.69) is 41.9 Å². The summed E-state index contributed by atoms with van der Waals surface area (Å²) in [6.07, 6.45) is 0.965. The molecule has 3 heterocycles. The summed E-state index contributed by atoms with van der Waals surface area (Å²) in [5.74, 6) is 0.738. The maximum Gasteiger partial charge on any atom is 0.573 e. The summed E-state index contributed by atoms with van der Waals surface area (Å²) in [5.41, 5.74) is 1.67. The summed E-state index contributed by atoms with van der Waals surface area (Å²) < 4.78 is 48.0. The van der Waals surface area contributed by atoms with Crippen LogP contribution in [0.25, 0.3) is 21.7 Å². The third-order valence-electron chi connectivity index (χ3n) is 6.23. The number of fused-ring (bicyclic) bond motifs is 3. The molecule has 194 valence electrons. The van der Waals surface area contributed by atoms with Crippen molar-refractivity contribution >= 4 is 43.4 Å². The minimum atomic E-state index is -4.71. The van der Waals surface area contributed by atoms with Gasteiger partial charge in [-0.1, -0.05) is 34.1 Å². The van der Waals surface area contributed by atoms with Crippen molar-refractivity contribution in [3.63, 3.8) is 0 Å². The Balaban J connectivity index is 1.03. The van der Waals surface area contributed by atoms with Crippen LogP contribution in [-0.4, -0.2) is 48.7 Å². The second kappa shape index (κ2) is 11.2. The standard InChI is InChI=1S/C27H26BrF3N4O2/c28-19-11-18(12-20(13-19)37-27(29,30)31)14-32-8-3-4-10-36-21-16-35(17-21)26-23-7-9-33-15-24(23)22-5-1-2-6-25(22)34-26/h1-2,5-7,9,11-13,15,21,32H,3-4,8,10,14,16-17H2. The first-order chi connectivity index (χ1) is 17.9. The number of aromatic nitrogens is 2. The molecule has 1 N–H and O–H groups in total. The van der Waals surface area contributed by atoms with Crippen molar-refractivity contribution in [2.75, 3.05) is 31.1 Å². The molecule has 0 saturated carbocycles. The summed E-state index contributed by atoms with van der Waals surface area (Å²) in [5, 5.41) is 6.56. The van der Waals surface area contributed by atoms with E-state index in [0.717, 1.165) is 60.0 Å². The third-order valence-corrected chi connectivity index (χ3v) is 6.68. The smallest absolute Gasteiger partial charge is 0.406 e. The van der Waals surface area contributed by atoms with Crippen molar-refractivity contribution in [3.05, 3.63) is 71.0 Å². The van der Waals surface area contributed by atoms with Crippen LogP contribution in [0.15, 0.2) is 65.4 Å². The van der Waals surface area contributed by atoms with Gasteiger partial charge in [0.25, 0.3) is 0 Å². The number of ether oxygens (including phenoxy) is 2. The topological polar surface area (TPSA) is 59.5 Å². The van der Waals surface area contributed by atoms with Crippen molar-refractivity contribution in [2.45, 2.75) is 31.9 Å². The quantitative estimate of drug-likeness (QED) is 0.179. The van der Waals surface area contributed by atoms with Crippen molar-refractivity contribution in [3.8, 4) is 5.75 Å². The van der Waals surface area contributed by atoms with Crippen LogP contribution in [0.4, 0.5) is 19.0 Å². The number of hydrogen-bond donors (Lipinski definition) is 1. The van der Waals surface area contributed by atoms with Gasteiger partial charge in [-0.3, -0.25) is 4.98 Å². The van der Waals surface area contributed by atoms with E-state index >= 15 is 0 Å². The Kier molecular flexibility index (Phi) is 7.78. The van der Waals surface area contributed by atoms with Gasteiger partial charge in [0.05, 0.1) is 11.6 Å². The van der Waals surface area contributed by atoms with Gasteiger partial charge in [-0.15, -0.1) is 13.2 Å². The molecular formula is C27H26BrF3N4O2. The molecule has 4 aromatic rings. The zero-order valence-corrected chi connectivity index (χ0v) is 21.6. The molecule has 0 aliphatic carbocycles. The molecule has 1 aliphatic rings. The number of hydrogen-bond acceptors (Lipinski definition) is 6. The number of halogens is 4. The van der Waals surface area contributed by atoms with Gasteiger partial charge in [-0.05, 0) is 55.3 Å². The molecule has 2 aromatic carbocycles. The van der Waals surface area contributed by atoms with Crippen molar-refractivity contribution < 1.29 is 22.6 Å². The first kappa shape index (κ1) is 25.7. The highest BCUT2D eigenvalue weighted by atomic mass is 79.9. The number of unbranched alkanes of at least 4 members (excludes halogenated alkanes) is 1. The fourth-order valence-corrected chi connectivity index (χ4v) is 5.00. The fourth-order valence-electron chi connectivity index (χ4n) is 4.48. The number of anilines is 1. The molecule has 0 atom stereocenters. The number of rotatable bonds is 10. The summed E-state index contributed by atoms with van der Waals surface area (Å²) in [6, 6.07) is 14.6. The highest BCUT2D eigenvalue weighted by Gasteiger charge is 2.31. The molecule has 1 fully saturated rings. The first-order valence-electron chi connectivity index (χ1n) is 12.1. The second-order valence-electron chi connectivity index (χ2n) is 9.00. The van der Waals surface area contributed by atoms with Gasteiger partial charge in [-0.25, -0.2) is 4.98 Å². The van der Waals surface area contributed by atoms with Crippen LogP contribution in [0, 0.1) is 0 Å². The minimum absolute atomic E-state index is 0.173. The highest BCUT2D eigenvalue weighted by molar-refractivity contribution is 9.10. The number of para-hydroxylation sites is 1. The zero-order valence-electron chi connectivity index (χ0n) is 20.0. The normalized spacial score (nSPS) is 14.3. The van der Waals surface area contributed by atoms with E-state index in [9.17, 15) is 13.2 Å². The maximum atomic E-state index is 12.5. The number of pyridine rings is 2. The SMILES string of the molecule is FC(F)(F)Oc1cc(Br)cc(CNCCCCOC2CN(c3nc4ccccc4c4cnccc34)C2)c1. The Hall–Kier alpha value is -2.95. The summed E-state index contributed by atoms with van der Waals surface area (Å²) in [6.45, 7) is 3.45. The fraction of sp³-hybridized carbons (Fsp3) is 0.333. The molecule has 5 rings (SSSR count). The number of alkyl halides is 3. The molecule has 0 unspecified atom stereocenters. The summed E-state index contributed by atoms with van der Waals surface area (Å²) in [4.78, 5) is 11.5. The van der Waals surface area contributed by atoms with Crippen LogP contribution in [0.2, 0.25) is 0 Å². The van der Waals surface area contributed by atoms with Crippen LogP contribution in [0.3, 0.4) is 0 Å². The van der Waals surface area contributed by atoms with Crippen molar-refractivity contribution in [1.82, 2.24) is 15.3 Å².